The van der Waals surface area contributed by atoms with Gasteiger partial charge in [-0.15, -0.1) is 17.9 Å². The number of amides is 1. The molecule has 0 fully saturated rings. The summed E-state index contributed by atoms with van der Waals surface area (Å²) in [5, 5.41) is 6.62. The number of fused-ring (bicyclic) bond motifs is 4. The van der Waals surface area contributed by atoms with E-state index >= 15 is 0 Å². The topological polar surface area (TPSA) is 82.7 Å². The van der Waals surface area contributed by atoms with Crippen LogP contribution in [0.3, 0.4) is 0 Å². The number of anilines is 1. The molecule has 0 unspecified atom stereocenters. The minimum Gasteiger partial charge on any atom is -0.546 e. The first-order chi connectivity index (χ1) is 26.8. The summed E-state index contributed by atoms with van der Waals surface area (Å²) < 4.78 is 2.19. The number of nitrogens with zero attached hydrogens (tertiary/aromatic N) is 3. The molecule has 8 nitrogen and oxygen atoms in total. The van der Waals surface area contributed by atoms with Crippen LogP contribution in [0.4, 0.5) is 5.69 Å². The molecule has 11 heteroatoms. The van der Waals surface area contributed by atoms with E-state index in [-0.39, 0.29) is 57.3 Å². The average Bonchev–Trinajstić information content (AvgIpc) is 3.66. The quantitative estimate of drug-likeness (QED) is 0.0325. The Bertz CT molecular complexity index is 2570. The molecule has 0 saturated heterocycles. The standard InChI is InChI=1S/C46H50N6O2S2.K/c1-28(2)46(53)49-47-25-40-34-13-11-12-14-35(34)41(26-48-54-50-29(3)4)39-21-30(15-18-36(39)40)31-22-42(55-27-31)45-37-19-16-32(51(5)6)23-43(37)56(9,10)44-24-33(52(7)8)17-20-38(44)45;/h11-24,27,47-48H,1,3,25-26H2,2,4-10H3,(H,49,53);/q;+1. The van der Waals surface area contributed by atoms with Crippen molar-refractivity contribution >= 4 is 65.8 Å². The molecule has 3 N–H and O–H groups in total. The molecule has 5 aromatic rings. The number of rotatable bonds is 12. The summed E-state index contributed by atoms with van der Waals surface area (Å²) in [6, 6.07) is 24.4. The fourth-order valence-corrected chi connectivity index (χ4v) is 10.9. The predicted molar refractivity (Wildman–Crippen MR) is 239 cm³/mol. The molecule has 1 aliphatic heterocycles. The van der Waals surface area contributed by atoms with Gasteiger partial charge in [0.05, 0.1) is 0 Å². The summed E-state index contributed by atoms with van der Waals surface area (Å²) in [5.74, 6) is -0.240. The smallest absolute Gasteiger partial charge is 0.546 e. The van der Waals surface area contributed by atoms with E-state index in [1.165, 1.54) is 42.8 Å². The Morgan fingerprint density at radius 3 is 2.26 bits per heavy atom. The van der Waals surface area contributed by atoms with Gasteiger partial charge in [0.2, 0.25) is 5.71 Å². The Morgan fingerprint density at radius 2 is 1.60 bits per heavy atom. The van der Waals surface area contributed by atoms with Crippen LogP contribution in [0.2, 0.25) is 0 Å². The number of hydroxylamine groups is 2. The van der Waals surface area contributed by atoms with Crippen LogP contribution in [0, 0.1) is 0 Å². The Balaban J connectivity index is 0.00000549. The van der Waals surface area contributed by atoms with Crippen molar-refractivity contribution in [3.63, 3.8) is 0 Å². The molecular formula is C46H50KN6O2S2+. The molecule has 0 atom stereocenters. The Hall–Kier alpha value is -3.59. The SMILES string of the molecule is C=C(C)[N-]ONCc1c2ccccc2c(CNNC(=O)C(=C)C)c2ccc(-c3csc(C4=C5C=CC(=[N+](C)C)C=C5S(C)(C)c5cc(N(C)C)ccc54)c3)cc12.[K+]. The molecule has 4 aromatic carbocycles. The van der Waals surface area contributed by atoms with Crippen LogP contribution in [-0.2, 0) is 22.8 Å². The maximum absolute atomic E-state index is 12.4. The monoisotopic (exact) mass is 821 g/mol. The second kappa shape index (κ2) is 17.7. The maximum atomic E-state index is 12.4. The van der Waals surface area contributed by atoms with Gasteiger partial charge in [0.25, 0.3) is 5.91 Å². The molecule has 1 amide bonds. The fraction of sp³-hybridized carbons (Fsp3) is 0.217. The van der Waals surface area contributed by atoms with Crippen LogP contribution in [0.15, 0.2) is 130 Å². The molecule has 57 heavy (non-hydrogen) atoms. The van der Waals surface area contributed by atoms with Crippen LogP contribution in [0.1, 0.15) is 35.4 Å². The van der Waals surface area contributed by atoms with E-state index in [9.17, 15) is 4.79 Å². The first kappa shape index (κ1) is 43.0. The average molecular weight is 822 g/mol. The van der Waals surface area contributed by atoms with Crippen molar-refractivity contribution in [2.45, 2.75) is 31.8 Å². The van der Waals surface area contributed by atoms with E-state index < -0.39 is 10.0 Å². The largest absolute Gasteiger partial charge is 1.00 e. The van der Waals surface area contributed by atoms with Crippen LogP contribution in [-0.4, -0.2) is 56.9 Å². The Kier molecular flexibility index (Phi) is 13.4. The summed E-state index contributed by atoms with van der Waals surface area (Å²) in [5.41, 5.74) is 24.8. The minimum atomic E-state index is -1.31. The van der Waals surface area contributed by atoms with Gasteiger partial charge >= 0.3 is 51.4 Å². The van der Waals surface area contributed by atoms with E-state index in [0.29, 0.717) is 24.4 Å². The van der Waals surface area contributed by atoms with Gasteiger partial charge in [0.15, 0.2) is 0 Å². The van der Waals surface area contributed by atoms with Gasteiger partial charge in [-0.3, -0.25) is 10.2 Å². The van der Waals surface area contributed by atoms with Crippen LogP contribution < -0.4 is 72.6 Å². The van der Waals surface area contributed by atoms with Crippen LogP contribution in [0.5, 0.6) is 0 Å². The molecule has 1 aliphatic carbocycles. The second-order valence-electron chi connectivity index (χ2n) is 15.1. The Morgan fingerprint density at radius 1 is 0.895 bits per heavy atom. The van der Waals surface area contributed by atoms with Gasteiger partial charge in [0, 0.05) is 70.8 Å². The van der Waals surface area contributed by atoms with Crippen molar-refractivity contribution in [2.75, 3.05) is 45.6 Å². The van der Waals surface area contributed by atoms with E-state index in [1.807, 2.05) is 6.07 Å². The van der Waals surface area contributed by atoms with Crippen molar-refractivity contribution in [1.82, 2.24) is 16.3 Å². The first-order valence-electron chi connectivity index (χ1n) is 18.5. The molecule has 1 aromatic heterocycles. The summed E-state index contributed by atoms with van der Waals surface area (Å²) in [6.07, 6.45) is 11.8. The van der Waals surface area contributed by atoms with Gasteiger partial charge < -0.3 is 15.3 Å². The van der Waals surface area contributed by atoms with Crippen molar-refractivity contribution in [2.24, 2.45) is 0 Å². The van der Waals surface area contributed by atoms with Gasteiger partial charge in [-0.05, 0) is 110 Å². The number of carbonyl (C=O) groups is 1. The second-order valence-corrected chi connectivity index (χ2v) is 19.6. The van der Waals surface area contributed by atoms with E-state index in [2.05, 4.69) is 169 Å². The number of thiophene rings is 1. The third-order valence-electron chi connectivity index (χ3n) is 10.4. The van der Waals surface area contributed by atoms with E-state index in [4.69, 9.17) is 4.94 Å². The van der Waals surface area contributed by atoms with Crippen molar-refractivity contribution < 1.29 is 65.7 Å². The van der Waals surface area contributed by atoms with E-state index in [1.54, 1.807) is 25.2 Å². The summed E-state index contributed by atoms with van der Waals surface area (Å²) in [7, 11) is 7.14. The van der Waals surface area contributed by atoms with Gasteiger partial charge in [-0.1, -0.05) is 56.0 Å². The summed E-state index contributed by atoms with van der Waals surface area (Å²) in [4.78, 5) is 24.1. The number of hydrazine groups is 1. The van der Waals surface area contributed by atoms with Gasteiger partial charge in [0.1, 0.15) is 14.1 Å². The zero-order chi connectivity index (χ0) is 39.9. The molecule has 288 valence electrons. The molecule has 2 aliphatic rings. The zero-order valence-corrected chi connectivity index (χ0v) is 39.2. The third kappa shape index (κ3) is 8.60. The van der Waals surface area contributed by atoms with Gasteiger partial charge in [-0.2, -0.15) is 15.7 Å². The fourth-order valence-electron chi connectivity index (χ4n) is 7.43. The number of hydrogen-bond donors (Lipinski definition) is 3. The number of benzene rings is 4. The zero-order valence-electron chi connectivity index (χ0n) is 34.5. The van der Waals surface area contributed by atoms with Gasteiger partial charge in [-0.25, -0.2) is 15.5 Å². The van der Waals surface area contributed by atoms with Crippen molar-refractivity contribution in [1.29, 1.82) is 0 Å². The molecule has 0 radical (unpaired) electrons. The van der Waals surface area contributed by atoms with Crippen LogP contribution in [0.25, 0.3) is 43.7 Å². The summed E-state index contributed by atoms with van der Waals surface area (Å²) in [6.45, 7) is 11.9. The normalized spacial score (nSPS) is 14.7. The molecule has 7 rings (SSSR count). The molecule has 2 heterocycles. The molecule has 0 bridgehead atoms. The molecule has 0 spiro atoms. The Labute approximate surface area is 384 Å². The third-order valence-corrected chi connectivity index (χ3v) is 14.2. The van der Waals surface area contributed by atoms with E-state index in [0.717, 1.165) is 43.8 Å². The molecular weight excluding hydrogens is 772 g/mol. The number of allylic oxidation sites excluding steroid dienone is 5. The minimum absolute atomic E-state index is 0. The molecule has 0 saturated carbocycles. The van der Waals surface area contributed by atoms with Crippen molar-refractivity contribution in [3.8, 4) is 11.1 Å². The first-order valence-corrected chi connectivity index (χ1v) is 21.8. The summed E-state index contributed by atoms with van der Waals surface area (Å²) >= 11 is 1.79. The number of carbonyl (C=O) groups excluding carboxylic acids is 1. The number of hydrogen-bond acceptors (Lipinski definition) is 6. The predicted octanol–water partition coefficient (Wildman–Crippen LogP) is 6.74. The van der Waals surface area contributed by atoms with Crippen molar-refractivity contribution in [3.05, 3.63) is 152 Å². The number of nitrogens with one attached hydrogen (secondary N) is 3. The maximum Gasteiger partial charge on any atom is 1.00 e. The van der Waals surface area contributed by atoms with Crippen LogP contribution >= 0.6 is 21.4 Å².